The molecule has 2 N–H and O–H groups in total. The number of rotatable bonds is 2. The van der Waals surface area contributed by atoms with E-state index in [4.69, 9.17) is 10.5 Å². The molecular weight excluding hydrogens is 245 g/mol. The van der Waals surface area contributed by atoms with Gasteiger partial charge in [-0.1, -0.05) is 0 Å². The molecule has 1 aliphatic heterocycles. The number of hydrogen-bond donors (Lipinski definition) is 1. The second kappa shape index (κ2) is 4.62. The molecule has 0 amide bonds. The van der Waals surface area contributed by atoms with E-state index >= 15 is 0 Å². The van der Waals surface area contributed by atoms with Crippen molar-refractivity contribution in [1.29, 1.82) is 0 Å². The Kier molecular flexibility index (Phi) is 3.35. The van der Waals surface area contributed by atoms with Crippen LogP contribution in [0.15, 0.2) is 23.1 Å². The van der Waals surface area contributed by atoms with E-state index in [-0.39, 0.29) is 17.2 Å². The summed E-state index contributed by atoms with van der Waals surface area (Å²) in [5, 5.41) is -0.600. The predicted octanol–water partition coefficient (Wildman–Crippen LogP) is 1.36. The zero-order valence-corrected chi connectivity index (χ0v) is 10.0. The van der Waals surface area contributed by atoms with Crippen LogP contribution in [0.1, 0.15) is 12.8 Å². The maximum atomic E-state index is 13.1. The smallest absolute Gasteiger partial charge is 0.183 e. The molecule has 1 aromatic carbocycles. The lowest BCUT2D eigenvalue weighted by molar-refractivity contribution is 0.0991. The van der Waals surface area contributed by atoms with Crippen LogP contribution >= 0.6 is 0 Å². The number of nitrogens with two attached hydrogens (primary N) is 1. The highest BCUT2D eigenvalue weighted by Gasteiger charge is 2.30. The van der Waals surface area contributed by atoms with Crippen LogP contribution in [0.3, 0.4) is 0 Å². The molecule has 0 spiro atoms. The van der Waals surface area contributed by atoms with Crippen molar-refractivity contribution in [2.75, 3.05) is 18.9 Å². The largest absolute Gasteiger partial charge is 0.399 e. The molecule has 6 heteroatoms. The first-order valence-electron chi connectivity index (χ1n) is 5.38. The standard InChI is InChI=1S/C11H14FNO3S/c12-8-4-9(13)6-11(5-8)17(14,15)10-2-1-3-16-7-10/h4-6,10H,1-3,7,13H2. The van der Waals surface area contributed by atoms with Gasteiger partial charge in [0.25, 0.3) is 0 Å². The van der Waals surface area contributed by atoms with Crippen molar-refractivity contribution >= 4 is 15.5 Å². The maximum absolute atomic E-state index is 13.1. The average molecular weight is 259 g/mol. The number of nitrogen functional groups attached to an aromatic ring is 1. The number of benzene rings is 1. The van der Waals surface area contributed by atoms with Gasteiger partial charge in [-0.3, -0.25) is 0 Å². The second-order valence-electron chi connectivity index (χ2n) is 4.10. The Bertz CT molecular complexity index is 489. The second-order valence-corrected chi connectivity index (χ2v) is 6.33. The van der Waals surface area contributed by atoms with Crippen LogP contribution in [0, 0.1) is 5.82 Å². The van der Waals surface area contributed by atoms with Gasteiger partial charge in [-0.25, -0.2) is 12.8 Å². The molecule has 0 saturated carbocycles. The number of halogens is 1. The van der Waals surface area contributed by atoms with E-state index in [9.17, 15) is 12.8 Å². The van der Waals surface area contributed by atoms with Gasteiger partial charge < -0.3 is 10.5 Å². The normalized spacial score (nSPS) is 21.4. The summed E-state index contributed by atoms with van der Waals surface area (Å²) in [4.78, 5) is -0.0644. The molecule has 1 atom stereocenters. The Morgan fingerprint density at radius 3 is 2.71 bits per heavy atom. The van der Waals surface area contributed by atoms with Crippen molar-refractivity contribution in [1.82, 2.24) is 0 Å². The van der Waals surface area contributed by atoms with Gasteiger partial charge in [0.2, 0.25) is 0 Å². The van der Waals surface area contributed by atoms with Crippen molar-refractivity contribution in [2.24, 2.45) is 0 Å². The third kappa shape index (κ3) is 2.58. The topological polar surface area (TPSA) is 69.4 Å². The number of hydrogen-bond acceptors (Lipinski definition) is 4. The van der Waals surface area contributed by atoms with Crippen molar-refractivity contribution in [3.8, 4) is 0 Å². The minimum Gasteiger partial charge on any atom is -0.399 e. The first-order valence-corrected chi connectivity index (χ1v) is 6.92. The van der Waals surface area contributed by atoms with Crippen LogP contribution in [0.5, 0.6) is 0 Å². The lowest BCUT2D eigenvalue weighted by Gasteiger charge is -2.22. The summed E-state index contributed by atoms with van der Waals surface area (Å²) in [6.45, 7) is 0.746. The van der Waals surface area contributed by atoms with Gasteiger partial charge in [0.05, 0.1) is 16.8 Å². The molecular formula is C11H14FNO3S. The molecule has 1 aliphatic rings. The molecule has 1 fully saturated rings. The monoisotopic (exact) mass is 259 g/mol. The third-order valence-corrected chi connectivity index (χ3v) is 4.92. The van der Waals surface area contributed by atoms with E-state index in [1.54, 1.807) is 0 Å². The zero-order valence-electron chi connectivity index (χ0n) is 9.23. The van der Waals surface area contributed by atoms with Gasteiger partial charge in [-0.05, 0) is 31.0 Å². The minimum absolute atomic E-state index is 0.0644. The van der Waals surface area contributed by atoms with Crippen molar-refractivity contribution < 1.29 is 17.5 Å². The molecule has 0 aromatic heterocycles. The Morgan fingerprint density at radius 1 is 1.35 bits per heavy atom. The van der Waals surface area contributed by atoms with Crippen molar-refractivity contribution in [2.45, 2.75) is 23.0 Å². The quantitative estimate of drug-likeness (QED) is 0.814. The van der Waals surface area contributed by atoms with E-state index in [1.165, 1.54) is 6.07 Å². The molecule has 17 heavy (non-hydrogen) atoms. The third-order valence-electron chi connectivity index (χ3n) is 2.78. The fourth-order valence-corrected chi connectivity index (χ4v) is 3.61. The van der Waals surface area contributed by atoms with Crippen molar-refractivity contribution in [3.05, 3.63) is 24.0 Å². The van der Waals surface area contributed by atoms with Crippen molar-refractivity contribution in [3.63, 3.8) is 0 Å². The fraction of sp³-hybridized carbons (Fsp3) is 0.455. The van der Waals surface area contributed by atoms with E-state index in [2.05, 4.69) is 0 Å². The summed E-state index contributed by atoms with van der Waals surface area (Å²) in [6, 6.07) is 3.38. The molecule has 94 valence electrons. The average Bonchev–Trinajstić information content (AvgIpc) is 2.29. The summed E-state index contributed by atoms with van der Waals surface area (Å²) in [6.07, 6.45) is 1.24. The molecule has 1 aromatic rings. The van der Waals surface area contributed by atoms with Gasteiger partial charge in [-0.2, -0.15) is 0 Å². The van der Waals surface area contributed by atoms with E-state index in [0.29, 0.717) is 19.4 Å². The first kappa shape index (κ1) is 12.3. The van der Waals surface area contributed by atoms with Crippen LogP contribution < -0.4 is 5.73 Å². The Morgan fingerprint density at radius 2 is 2.12 bits per heavy atom. The minimum atomic E-state index is -3.55. The summed E-state index contributed by atoms with van der Waals surface area (Å²) >= 11 is 0. The highest BCUT2D eigenvalue weighted by molar-refractivity contribution is 7.92. The molecule has 4 nitrogen and oxygen atoms in total. The lowest BCUT2D eigenvalue weighted by atomic mass is 10.2. The first-order chi connectivity index (χ1) is 8.00. The summed E-state index contributed by atoms with van der Waals surface area (Å²) in [7, 11) is -3.55. The molecule has 1 heterocycles. The van der Waals surface area contributed by atoms with Gasteiger partial charge >= 0.3 is 0 Å². The van der Waals surface area contributed by atoms with E-state index in [0.717, 1.165) is 12.1 Å². The fourth-order valence-electron chi connectivity index (χ4n) is 1.90. The van der Waals surface area contributed by atoms with E-state index < -0.39 is 20.9 Å². The van der Waals surface area contributed by atoms with Gasteiger partial charge in [0.1, 0.15) is 5.82 Å². The SMILES string of the molecule is Nc1cc(F)cc(S(=O)(=O)C2CCCOC2)c1. The highest BCUT2D eigenvalue weighted by Crippen LogP contribution is 2.24. The summed E-state index contributed by atoms with van der Waals surface area (Å²) in [5.74, 6) is -0.639. The van der Waals surface area contributed by atoms with Crippen LogP contribution in [0.4, 0.5) is 10.1 Å². The number of ether oxygens (including phenoxy) is 1. The molecule has 1 unspecified atom stereocenters. The summed E-state index contributed by atoms with van der Waals surface area (Å²) < 4.78 is 42.7. The molecule has 1 saturated heterocycles. The van der Waals surface area contributed by atoms with Crippen LogP contribution in [-0.2, 0) is 14.6 Å². The molecule has 0 radical (unpaired) electrons. The van der Waals surface area contributed by atoms with Crippen LogP contribution in [-0.4, -0.2) is 26.9 Å². The Labute approximate surface area is 99.5 Å². The Balaban J connectivity index is 2.36. The lowest BCUT2D eigenvalue weighted by Crippen LogP contribution is -2.31. The van der Waals surface area contributed by atoms with E-state index in [1.807, 2.05) is 0 Å². The molecule has 2 rings (SSSR count). The predicted molar refractivity (Wildman–Crippen MR) is 61.8 cm³/mol. The Hall–Kier alpha value is -1.14. The van der Waals surface area contributed by atoms with Gasteiger partial charge in [-0.15, -0.1) is 0 Å². The summed E-state index contributed by atoms with van der Waals surface area (Å²) in [5.41, 5.74) is 5.56. The number of anilines is 1. The van der Waals surface area contributed by atoms with Crippen LogP contribution in [0.25, 0.3) is 0 Å². The van der Waals surface area contributed by atoms with Gasteiger partial charge in [0.15, 0.2) is 9.84 Å². The van der Waals surface area contributed by atoms with Crippen LogP contribution in [0.2, 0.25) is 0 Å². The molecule has 0 bridgehead atoms. The number of sulfone groups is 1. The zero-order chi connectivity index (χ0) is 12.5. The highest BCUT2D eigenvalue weighted by atomic mass is 32.2. The van der Waals surface area contributed by atoms with Gasteiger partial charge in [0, 0.05) is 12.3 Å². The maximum Gasteiger partial charge on any atom is 0.183 e. The molecule has 0 aliphatic carbocycles.